The number of hydrogen-bond acceptors (Lipinski definition) is 4. The molecule has 0 aromatic heterocycles. The van der Waals surface area contributed by atoms with Crippen molar-refractivity contribution in [1.29, 1.82) is 0 Å². The van der Waals surface area contributed by atoms with Gasteiger partial charge in [-0.1, -0.05) is 35.9 Å². The molecule has 0 fully saturated rings. The summed E-state index contributed by atoms with van der Waals surface area (Å²) in [5.41, 5.74) is 2.24. The lowest BCUT2D eigenvalue weighted by atomic mass is 10.0. The van der Waals surface area contributed by atoms with Crippen molar-refractivity contribution in [1.82, 2.24) is 0 Å². The van der Waals surface area contributed by atoms with Crippen molar-refractivity contribution in [2.45, 2.75) is 27.7 Å². The van der Waals surface area contributed by atoms with E-state index in [2.05, 4.69) is 0 Å². The quantitative estimate of drug-likeness (QED) is 0.514. The van der Waals surface area contributed by atoms with Crippen LogP contribution in [0.4, 0.5) is 0 Å². The number of hydrogen-bond donors (Lipinski definition) is 1. The standard InChI is InChI=1S/C10H11O3P.C8H8O2/c1-6-4-7(2)9(8(3)5-6)10(11)14(12)13;1-7(9)10-8-5-3-2-4-6-8/h4-5H,1-3H3;2-6H,1H3/p+1. The Balaban J connectivity index is 0.000000254. The van der Waals surface area contributed by atoms with Gasteiger partial charge >= 0.3 is 19.5 Å². The predicted octanol–water partition coefficient (Wildman–Crippen LogP) is 4.10. The molecule has 126 valence electrons. The van der Waals surface area contributed by atoms with Crippen molar-refractivity contribution in [3.8, 4) is 5.75 Å². The number of rotatable bonds is 3. The Morgan fingerprint density at radius 2 is 1.50 bits per heavy atom. The highest BCUT2D eigenvalue weighted by molar-refractivity contribution is 7.59. The molecule has 2 aromatic rings. The zero-order valence-corrected chi connectivity index (χ0v) is 15.0. The van der Waals surface area contributed by atoms with Crippen LogP contribution < -0.4 is 4.74 Å². The van der Waals surface area contributed by atoms with Gasteiger partial charge in [0, 0.05) is 6.92 Å². The van der Waals surface area contributed by atoms with E-state index in [1.165, 1.54) is 6.92 Å². The molecule has 0 aliphatic rings. The lowest BCUT2D eigenvalue weighted by Crippen LogP contribution is -2.00. The number of carbonyl (C=O) groups excluding carboxylic acids is 2. The first-order valence-electron chi connectivity index (χ1n) is 7.24. The Morgan fingerprint density at radius 1 is 1.00 bits per heavy atom. The summed E-state index contributed by atoms with van der Waals surface area (Å²) in [7, 11) is -2.77. The molecule has 1 atom stereocenters. The van der Waals surface area contributed by atoms with E-state index in [-0.39, 0.29) is 5.97 Å². The van der Waals surface area contributed by atoms with E-state index in [1.54, 1.807) is 26.0 Å². The maximum atomic E-state index is 11.4. The van der Waals surface area contributed by atoms with Crippen LogP contribution in [0.15, 0.2) is 42.5 Å². The topological polar surface area (TPSA) is 80.7 Å². The molecule has 0 saturated heterocycles. The minimum Gasteiger partial charge on any atom is -0.427 e. The van der Waals surface area contributed by atoms with Crippen molar-refractivity contribution in [3.05, 3.63) is 64.7 Å². The zero-order chi connectivity index (χ0) is 18.3. The maximum absolute atomic E-state index is 11.4. The van der Waals surface area contributed by atoms with Crippen LogP contribution in [-0.2, 0) is 9.36 Å². The van der Waals surface area contributed by atoms with Crippen LogP contribution in [0.2, 0.25) is 0 Å². The molecule has 0 aliphatic carbocycles. The molecule has 2 aromatic carbocycles. The predicted molar refractivity (Wildman–Crippen MR) is 92.6 cm³/mol. The van der Waals surface area contributed by atoms with Gasteiger partial charge in [-0.3, -0.25) is 4.79 Å². The van der Waals surface area contributed by atoms with Crippen LogP contribution in [0.3, 0.4) is 0 Å². The molecule has 6 heteroatoms. The number of esters is 1. The Labute approximate surface area is 142 Å². The third kappa shape index (κ3) is 6.03. The SMILES string of the molecule is CC(=O)Oc1ccccc1.Cc1cc(C)c(C(=O)[P+](=O)O)c(C)c1. The fourth-order valence-electron chi connectivity index (χ4n) is 2.27. The van der Waals surface area contributed by atoms with E-state index < -0.39 is 13.6 Å². The van der Waals surface area contributed by atoms with Crippen LogP contribution in [0.1, 0.15) is 34.0 Å². The second-order valence-electron chi connectivity index (χ2n) is 5.26. The molecular formula is C18H20O5P+. The summed E-state index contributed by atoms with van der Waals surface area (Å²) < 4.78 is 15.5. The van der Waals surface area contributed by atoms with Crippen LogP contribution in [0.25, 0.3) is 0 Å². The monoisotopic (exact) mass is 347 g/mol. The first kappa shape index (κ1) is 19.7. The van der Waals surface area contributed by atoms with Gasteiger partial charge in [0.15, 0.2) is 0 Å². The molecular weight excluding hydrogens is 327 g/mol. The zero-order valence-electron chi connectivity index (χ0n) is 14.1. The molecule has 5 nitrogen and oxygen atoms in total. The van der Waals surface area contributed by atoms with E-state index in [9.17, 15) is 14.2 Å². The average molecular weight is 347 g/mol. The van der Waals surface area contributed by atoms with E-state index >= 15 is 0 Å². The smallest absolute Gasteiger partial charge is 0.427 e. The number of para-hydroxylation sites is 1. The Bertz CT molecular complexity index is 730. The summed E-state index contributed by atoms with van der Waals surface area (Å²) in [5.74, 6) is 0.307. The first-order chi connectivity index (χ1) is 11.2. The summed E-state index contributed by atoms with van der Waals surface area (Å²) in [6.45, 7) is 6.85. The van der Waals surface area contributed by atoms with E-state index in [0.29, 0.717) is 11.3 Å². The normalized spacial score (nSPS) is 10.3. The van der Waals surface area contributed by atoms with Gasteiger partial charge in [0.2, 0.25) is 0 Å². The minimum absolute atomic E-state index is 0.286. The number of ether oxygens (including phenoxy) is 1. The maximum Gasteiger partial charge on any atom is 0.590 e. The molecule has 0 saturated carbocycles. The molecule has 0 spiro atoms. The number of benzene rings is 2. The average Bonchev–Trinajstić information content (AvgIpc) is 2.47. The molecule has 1 N–H and O–H groups in total. The molecule has 0 heterocycles. The van der Waals surface area contributed by atoms with Gasteiger partial charge in [0.1, 0.15) is 5.75 Å². The van der Waals surface area contributed by atoms with Gasteiger partial charge in [0.25, 0.3) is 0 Å². The third-order valence-electron chi connectivity index (χ3n) is 3.07. The molecule has 24 heavy (non-hydrogen) atoms. The van der Waals surface area contributed by atoms with E-state index in [1.807, 2.05) is 37.3 Å². The second kappa shape index (κ2) is 9.06. The van der Waals surface area contributed by atoms with Crippen molar-refractivity contribution < 1.29 is 23.8 Å². The summed E-state index contributed by atoms with van der Waals surface area (Å²) in [6, 6.07) is 12.6. The van der Waals surface area contributed by atoms with Gasteiger partial charge in [-0.05, 0) is 48.6 Å². The summed E-state index contributed by atoms with van der Waals surface area (Å²) in [5, 5.41) is 0. The molecule has 0 radical (unpaired) electrons. The fourth-order valence-corrected chi connectivity index (χ4v) is 2.81. The fraction of sp³-hybridized carbons (Fsp3) is 0.222. The van der Waals surface area contributed by atoms with Gasteiger partial charge in [0.05, 0.1) is 5.56 Å². The molecule has 1 unspecified atom stereocenters. The van der Waals surface area contributed by atoms with Gasteiger partial charge in [-0.15, -0.1) is 0 Å². The lowest BCUT2D eigenvalue weighted by molar-refractivity contribution is -0.131. The van der Waals surface area contributed by atoms with Crippen molar-refractivity contribution in [2.75, 3.05) is 0 Å². The summed E-state index contributed by atoms with van der Waals surface area (Å²) in [6.07, 6.45) is 0. The Kier molecular flexibility index (Phi) is 7.43. The third-order valence-corrected chi connectivity index (χ3v) is 3.64. The first-order valence-corrected chi connectivity index (χ1v) is 8.45. The van der Waals surface area contributed by atoms with Crippen molar-refractivity contribution in [2.24, 2.45) is 0 Å². The minimum atomic E-state index is -2.77. The van der Waals surface area contributed by atoms with E-state index in [4.69, 9.17) is 9.63 Å². The molecule has 0 bridgehead atoms. The number of aryl methyl sites for hydroxylation is 3. The Hall–Kier alpha value is -2.36. The highest BCUT2D eigenvalue weighted by Gasteiger charge is 2.30. The van der Waals surface area contributed by atoms with E-state index in [0.717, 1.165) is 16.7 Å². The molecule has 0 aliphatic heterocycles. The van der Waals surface area contributed by atoms with Crippen LogP contribution in [0, 0.1) is 20.8 Å². The van der Waals surface area contributed by atoms with Gasteiger partial charge in [-0.2, -0.15) is 4.89 Å². The highest BCUT2D eigenvalue weighted by Crippen LogP contribution is 2.27. The summed E-state index contributed by atoms with van der Waals surface area (Å²) >= 11 is 0. The molecule has 0 amide bonds. The second-order valence-corrected chi connectivity index (χ2v) is 6.21. The van der Waals surface area contributed by atoms with Gasteiger partial charge < -0.3 is 4.74 Å². The summed E-state index contributed by atoms with van der Waals surface area (Å²) in [4.78, 5) is 30.5. The van der Waals surface area contributed by atoms with Gasteiger partial charge in [-0.25, -0.2) is 4.79 Å². The highest BCUT2D eigenvalue weighted by atomic mass is 31.1. The molecule has 2 rings (SSSR count). The number of carbonyl (C=O) groups is 2. The van der Waals surface area contributed by atoms with Crippen LogP contribution in [-0.4, -0.2) is 16.4 Å². The van der Waals surface area contributed by atoms with Crippen molar-refractivity contribution >= 4 is 19.5 Å². The van der Waals surface area contributed by atoms with Crippen molar-refractivity contribution in [3.63, 3.8) is 0 Å². The lowest BCUT2D eigenvalue weighted by Gasteiger charge is -2.03. The van der Waals surface area contributed by atoms with Crippen LogP contribution in [0.5, 0.6) is 5.75 Å². The van der Waals surface area contributed by atoms with Crippen LogP contribution >= 0.6 is 8.03 Å². The Morgan fingerprint density at radius 3 is 1.92 bits per heavy atom. The largest absolute Gasteiger partial charge is 0.590 e.